The molecule has 1 unspecified atom stereocenters. The van der Waals surface area contributed by atoms with Crippen molar-refractivity contribution < 1.29 is 19.0 Å². The second-order valence-electron chi connectivity index (χ2n) is 4.33. The first-order chi connectivity index (χ1) is 9.67. The van der Waals surface area contributed by atoms with Gasteiger partial charge >= 0.3 is 5.97 Å². The lowest BCUT2D eigenvalue weighted by atomic mass is 10.3. The maximum atomic E-state index is 11.7. The van der Waals surface area contributed by atoms with E-state index in [1.165, 1.54) is 0 Å². The van der Waals surface area contributed by atoms with Crippen LogP contribution >= 0.6 is 0 Å². The van der Waals surface area contributed by atoms with Crippen LogP contribution in [0.1, 0.15) is 26.7 Å². The number of unbranched alkanes of at least 4 members (excludes halogenated alkanes) is 1. The first kappa shape index (κ1) is 16.1. The van der Waals surface area contributed by atoms with Gasteiger partial charge < -0.3 is 14.2 Å². The number of carbonyl (C=O) groups is 1. The number of ether oxygens (including phenoxy) is 3. The molecule has 0 aliphatic rings. The van der Waals surface area contributed by atoms with Crippen LogP contribution in [0.4, 0.5) is 0 Å². The molecular weight excluding hydrogens is 256 g/mol. The van der Waals surface area contributed by atoms with Crippen molar-refractivity contribution in [3.05, 3.63) is 36.4 Å². The molecule has 0 radical (unpaired) electrons. The van der Waals surface area contributed by atoms with Crippen LogP contribution in [0.25, 0.3) is 0 Å². The summed E-state index contributed by atoms with van der Waals surface area (Å²) in [5.74, 6) is 0.979. The second kappa shape index (κ2) is 9.02. The molecule has 4 nitrogen and oxygen atoms in total. The number of rotatable bonds is 8. The summed E-state index contributed by atoms with van der Waals surface area (Å²) in [6.45, 7) is 4.05. The van der Waals surface area contributed by atoms with Gasteiger partial charge in [0.25, 0.3) is 0 Å². The zero-order chi connectivity index (χ0) is 14.8. The van der Waals surface area contributed by atoms with Gasteiger partial charge in [0.1, 0.15) is 18.1 Å². The molecule has 0 aromatic heterocycles. The standard InChI is InChI=1S/C16H22O4/c1-4-5-6-7-12-19-16(17)13(2)20-15-10-8-14(18-3)9-11-15/h6-11,13H,4-5,12H2,1-3H3. The normalized spacial score (nSPS) is 12.2. The van der Waals surface area contributed by atoms with E-state index in [-0.39, 0.29) is 12.6 Å². The molecule has 0 aliphatic carbocycles. The lowest BCUT2D eigenvalue weighted by molar-refractivity contribution is -0.149. The fraction of sp³-hybridized carbons (Fsp3) is 0.438. The summed E-state index contributed by atoms with van der Waals surface area (Å²) in [6.07, 6.45) is 5.30. The Labute approximate surface area is 120 Å². The van der Waals surface area contributed by atoms with Gasteiger partial charge in [-0.3, -0.25) is 0 Å². The highest BCUT2D eigenvalue weighted by molar-refractivity contribution is 5.74. The molecule has 1 aromatic rings. The predicted octanol–water partition coefficient (Wildman–Crippen LogP) is 3.36. The van der Waals surface area contributed by atoms with Gasteiger partial charge in [-0.1, -0.05) is 25.5 Å². The Kier molecular flexibility index (Phi) is 7.25. The van der Waals surface area contributed by atoms with E-state index in [2.05, 4.69) is 6.92 Å². The summed E-state index contributed by atoms with van der Waals surface area (Å²) in [5.41, 5.74) is 0. The zero-order valence-corrected chi connectivity index (χ0v) is 12.3. The Bertz CT molecular complexity index is 423. The molecule has 0 spiro atoms. The number of esters is 1. The van der Waals surface area contributed by atoms with Gasteiger partial charge in [0, 0.05) is 0 Å². The topological polar surface area (TPSA) is 44.8 Å². The molecule has 0 aliphatic heterocycles. The molecule has 1 rings (SSSR count). The minimum Gasteiger partial charge on any atom is -0.497 e. The minimum atomic E-state index is -0.636. The predicted molar refractivity (Wildman–Crippen MR) is 78.1 cm³/mol. The molecule has 1 aromatic carbocycles. The Morgan fingerprint density at radius 1 is 1.20 bits per heavy atom. The molecule has 4 heteroatoms. The fourth-order valence-electron chi connectivity index (χ4n) is 1.51. The molecule has 110 valence electrons. The van der Waals surface area contributed by atoms with Crippen molar-refractivity contribution in [3.8, 4) is 11.5 Å². The smallest absolute Gasteiger partial charge is 0.347 e. The van der Waals surface area contributed by atoms with Crippen molar-refractivity contribution in [1.29, 1.82) is 0 Å². The first-order valence-electron chi connectivity index (χ1n) is 6.79. The number of carbonyl (C=O) groups excluding carboxylic acids is 1. The first-order valence-corrected chi connectivity index (χ1v) is 6.79. The third-order valence-electron chi connectivity index (χ3n) is 2.65. The van der Waals surface area contributed by atoms with Crippen molar-refractivity contribution in [2.24, 2.45) is 0 Å². The molecule has 0 saturated carbocycles. The van der Waals surface area contributed by atoms with E-state index in [0.717, 1.165) is 18.6 Å². The Balaban J connectivity index is 2.36. The number of hydrogen-bond donors (Lipinski definition) is 0. The van der Waals surface area contributed by atoms with Crippen LogP contribution in [-0.2, 0) is 9.53 Å². The van der Waals surface area contributed by atoms with E-state index < -0.39 is 6.10 Å². The average molecular weight is 278 g/mol. The summed E-state index contributed by atoms with van der Waals surface area (Å²) >= 11 is 0. The van der Waals surface area contributed by atoms with Crippen LogP contribution in [0.5, 0.6) is 11.5 Å². The SMILES string of the molecule is CCCC=CCOC(=O)C(C)Oc1ccc(OC)cc1. The van der Waals surface area contributed by atoms with E-state index >= 15 is 0 Å². The molecule has 0 N–H and O–H groups in total. The highest BCUT2D eigenvalue weighted by Gasteiger charge is 2.15. The van der Waals surface area contributed by atoms with Crippen molar-refractivity contribution in [3.63, 3.8) is 0 Å². The van der Waals surface area contributed by atoms with Crippen LogP contribution in [-0.4, -0.2) is 25.8 Å². The molecule has 0 fully saturated rings. The number of allylic oxidation sites excluding steroid dienone is 1. The molecule has 1 atom stereocenters. The summed E-state index contributed by atoms with van der Waals surface area (Å²) in [5, 5.41) is 0. The van der Waals surface area contributed by atoms with E-state index in [1.807, 2.05) is 12.2 Å². The lowest BCUT2D eigenvalue weighted by Crippen LogP contribution is -2.26. The Morgan fingerprint density at radius 3 is 2.45 bits per heavy atom. The van der Waals surface area contributed by atoms with Gasteiger partial charge in [-0.25, -0.2) is 4.79 Å². The van der Waals surface area contributed by atoms with Crippen molar-refractivity contribution in [2.45, 2.75) is 32.8 Å². The van der Waals surface area contributed by atoms with E-state index in [0.29, 0.717) is 5.75 Å². The van der Waals surface area contributed by atoms with Crippen LogP contribution in [0, 0.1) is 0 Å². The van der Waals surface area contributed by atoms with Gasteiger partial charge in [-0.05, 0) is 37.6 Å². The van der Waals surface area contributed by atoms with Gasteiger partial charge in [0.2, 0.25) is 0 Å². The maximum absolute atomic E-state index is 11.7. The summed E-state index contributed by atoms with van der Waals surface area (Å²) < 4.78 is 15.6. The van der Waals surface area contributed by atoms with Crippen LogP contribution in [0.2, 0.25) is 0 Å². The van der Waals surface area contributed by atoms with Crippen molar-refractivity contribution in [2.75, 3.05) is 13.7 Å². The maximum Gasteiger partial charge on any atom is 0.347 e. The fourth-order valence-corrected chi connectivity index (χ4v) is 1.51. The molecule has 20 heavy (non-hydrogen) atoms. The van der Waals surface area contributed by atoms with E-state index in [1.54, 1.807) is 38.3 Å². The third kappa shape index (κ3) is 5.78. The van der Waals surface area contributed by atoms with Gasteiger partial charge in [0.05, 0.1) is 7.11 Å². The highest BCUT2D eigenvalue weighted by atomic mass is 16.6. The quantitative estimate of drug-likeness (QED) is 0.540. The van der Waals surface area contributed by atoms with E-state index in [4.69, 9.17) is 14.2 Å². The zero-order valence-electron chi connectivity index (χ0n) is 12.3. The third-order valence-corrected chi connectivity index (χ3v) is 2.65. The van der Waals surface area contributed by atoms with Crippen LogP contribution < -0.4 is 9.47 Å². The highest BCUT2D eigenvalue weighted by Crippen LogP contribution is 2.18. The van der Waals surface area contributed by atoms with Crippen LogP contribution in [0.3, 0.4) is 0 Å². The second-order valence-corrected chi connectivity index (χ2v) is 4.33. The number of benzene rings is 1. The molecule has 0 heterocycles. The monoisotopic (exact) mass is 278 g/mol. The number of methoxy groups -OCH3 is 1. The summed E-state index contributed by atoms with van der Waals surface area (Å²) in [4.78, 5) is 11.7. The average Bonchev–Trinajstić information content (AvgIpc) is 2.47. The van der Waals surface area contributed by atoms with E-state index in [9.17, 15) is 4.79 Å². The number of hydrogen-bond acceptors (Lipinski definition) is 4. The Morgan fingerprint density at radius 2 is 1.85 bits per heavy atom. The van der Waals surface area contributed by atoms with Gasteiger partial charge in [-0.2, -0.15) is 0 Å². The minimum absolute atomic E-state index is 0.287. The molecule has 0 saturated heterocycles. The lowest BCUT2D eigenvalue weighted by Gasteiger charge is -2.13. The molecule has 0 bridgehead atoms. The van der Waals surface area contributed by atoms with Crippen molar-refractivity contribution >= 4 is 5.97 Å². The largest absolute Gasteiger partial charge is 0.497 e. The summed E-state index contributed by atoms with van der Waals surface area (Å²) in [6, 6.07) is 7.06. The molecular formula is C16H22O4. The van der Waals surface area contributed by atoms with Crippen LogP contribution in [0.15, 0.2) is 36.4 Å². The van der Waals surface area contributed by atoms with Crippen molar-refractivity contribution in [1.82, 2.24) is 0 Å². The Hall–Kier alpha value is -1.97. The molecule has 0 amide bonds. The van der Waals surface area contributed by atoms with Gasteiger partial charge in [-0.15, -0.1) is 0 Å². The summed E-state index contributed by atoms with van der Waals surface area (Å²) in [7, 11) is 1.60. The van der Waals surface area contributed by atoms with Gasteiger partial charge in [0.15, 0.2) is 6.10 Å².